The molecule has 2 N–H and O–H groups in total. The van der Waals surface area contributed by atoms with Gasteiger partial charge in [-0.2, -0.15) is 0 Å². The van der Waals surface area contributed by atoms with E-state index in [0.717, 1.165) is 26.1 Å². The predicted octanol–water partition coefficient (Wildman–Crippen LogP) is -0.830. The molecule has 5 nitrogen and oxygen atoms in total. The van der Waals surface area contributed by atoms with E-state index >= 15 is 0 Å². The van der Waals surface area contributed by atoms with E-state index in [4.69, 9.17) is 4.74 Å². The van der Waals surface area contributed by atoms with Crippen molar-refractivity contribution < 1.29 is 14.3 Å². The lowest BCUT2D eigenvalue weighted by Crippen LogP contribution is -2.45. The van der Waals surface area contributed by atoms with Crippen LogP contribution >= 0.6 is 0 Å². The molecule has 78 valence electrons. The maximum atomic E-state index is 11.2. The number of rotatable bonds is 2. The number of hydrogen-bond donors (Lipinski definition) is 2. The summed E-state index contributed by atoms with van der Waals surface area (Å²) in [5.41, 5.74) is 0. The first-order valence-corrected chi connectivity index (χ1v) is 4.93. The molecule has 0 aromatic heterocycles. The van der Waals surface area contributed by atoms with Gasteiger partial charge in [0.15, 0.2) is 0 Å². The van der Waals surface area contributed by atoms with Crippen molar-refractivity contribution in [1.29, 1.82) is 0 Å². The Bertz CT molecular complexity index is 248. The Morgan fingerprint density at radius 1 is 1.29 bits per heavy atom. The van der Waals surface area contributed by atoms with Gasteiger partial charge in [0, 0.05) is 19.3 Å². The van der Waals surface area contributed by atoms with Crippen molar-refractivity contribution in [3.05, 3.63) is 0 Å². The Morgan fingerprint density at radius 3 is 2.57 bits per heavy atom. The fraction of sp³-hybridized carbons (Fsp3) is 0.778. The molecule has 0 aliphatic carbocycles. The maximum absolute atomic E-state index is 11.2. The minimum absolute atomic E-state index is 0.181. The van der Waals surface area contributed by atoms with Crippen molar-refractivity contribution in [1.82, 2.24) is 10.6 Å². The van der Waals surface area contributed by atoms with Crippen LogP contribution in [-0.4, -0.2) is 37.1 Å². The van der Waals surface area contributed by atoms with Gasteiger partial charge in [-0.05, 0) is 12.8 Å². The molecular weight excluding hydrogens is 184 g/mol. The first kappa shape index (κ1) is 9.61. The van der Waals surface area contributed by atoms with E-state index in [1.807, 2.05) is 0 Å². The van der Waals surface area contributed by atoms with E-state index in [1.54, 1.807) is 0 Å². The zero-order valence-electron chi connectivity index (χ0n) is 7.91. The van der Waals surface area contributed by atoms with Gasteiger partial charge in [-0.3, -0.25) is 14.9 Å². The number of ether oxygens (including phenoxy) is 1. The molecule has 0 aromatic carbocycles. The third kappa shape index (κ3) is 2.10. The summed E-state index contributed by atoms with van der Waals surface area (Å²) in [5.74, 6) is -0.374. The van der Waals surface area contributed by atoms with Crippen LogP contribution in [0.4, 0.5) is 0 Å². The summed E-state index contributed by atoms with van der Waals surface area (Å²) < 4.78 is 5.20. The lowest BCUT2D eigenvalue weighted by Gasteiger charge is -2.25. The van der Waals surface area contributed by atoms with Crippen LogP contribution in [0.5, 0.6) is 0 Å². The van der Waals surface area contributed by atoms with Crippen molar-refractivity contribution in [2.45, 2.75) is 31.3 Å². The van der Waals surface area contributed by atoms with Gasteiger partial charge in [-0.25, -0.2) is 0 Å². The van der Waals surface area contributed by atoms with Crippen molar-refractivity contribution in [2.24, 2.45) is 0 Å². The number of hydrogen-bond acceptors (Lipinski definition) is 4. The summed E-state index contributed by atoms with van der Waals surface area (Å²) in [7, 11) is 0. The first-order valence-electron chi connectivity index (χ1n) is 4.93. The van der Waals surface area contributed by atoms with E-state index in [2.05, 4.69) is 10.6 Å². The zero-order valence-corrected chi connectivity index (χ0v) is 7.91. The second-order valence-corrected chi connectivity index (χ2v) is 3.72. The lowest BCUT2D eigenvalue weighted by atomic mass is 10.1. The third-order valence-electron chi connectivity index (χ3n) is 2.63. The van der Waals surface area contributed by atoms with E-state index < -0.39 is 0 Å². The van der Waals surface area contributed by atoms with Crippen molar-refractivity contribution >= 4 is 11.8 Å². The molecule has 2 amide bonds. The van der Waals surface area contributed by atoms with Crippen molar-refractivity contribution in [3.63, 3.8) is 0 Å². The van der Waals surface area contributed by atoms with Crippen LogP contribution in [0.2, 0.25) is 0 Å². The normalized spacial score (nSPS) is 29.3. The highest BCUT2D eigenvalue weighted by Gasteiger charge is 2.32. The van der Waals surface area contributed by atoms with Gasteiger partial charge in [0.2, 0.25) is 11.8 Å². The van der Waals surface area contributed by atoms with E-state index in [-0.39, 0.29) is 24.3 Å². The number of carbonyl (C=O) groups is 2. The highest BCUT2D eigenvalue weighted by Crippen LogP contribution is 2.10. The second-order valence-electron chi connectivity index (χ2n) is 3.72. The molecule has 1 unspecified atom stereocenters. The van der Waals surface area contributed by atoms with E-state index in [1.165, 1.54) is 0 Å². The van der Waals surface area contributed by atoms with Crippen LogP contribution in [0.1, 0.15) is 19.3 Å². The maximum Gasteiger partial charge on any atom is 0.244 e. The highest BCUT2D eigenvalue weighted by atomic mass is 16.5. The van der Waals surface area contributed by atoms with Gasteiger partial charge in [-0.1, -0.05) is 0 Å². The second kappa shape index (κ2) is 4.06. The SMILES string of the molecule is O=C1CC(NC2CCOCC2)C(=O)N1. The Labute approximate surface area is 82.2 Å². The summed E-state index contributed by atoms with van der Waals surface area (Å²) >= 11 is 0. The number of amides is 2. The van der Waals surface area contributed by atoms with Crippen molar-refractivity contribution in [2.75, 3.05) is 13.2 Å². The highest BCUT2D eigenvalue weighted by molar-refractivity contribution is 6.05. The van der Waals surface area contributed by atoms with Crippen LogP contribution in [0.3, 0.4) is 0 Å². The molecule has 2 fully saturated rings. The van der Waals surface area contributed by atoms with Crippen LogP contribution in [0, 0.1) is 0 Å². The molecule has 0 aromatic rings. The minimum Gasteiger partial charge on any atom is -0.381 e. The largest absolute Gasteiger partial charge is 0.381 e. The standard InChI is InChI=1S/C9H14N2O3/c12-8-5-7(9(13)11-8)10-6-1-3-14-4-2-6/h6-7,10H,1-5H2,(H,11,12,13). The first-order chi connectivity index (χ1) is 6.75. The Kier molecular flexibility index (Phi) is 2.79. The molecule has 2 aliphatic rings. The van der Waals surface area contributed by atoms with Crippen LogP contribution in [0.25, 0.3) is 0 Å². The molecule has 1 atom stereocenters. The summed E-state index contributed by atoms with van der Waals surface area (Å²) in [6.07, 6.45) is 2.10. The summed E-state index contributed by atoms with van der Waals surface area (Å²) in [6, 6.07) is -0.0176. The quantitative estimate of drug-likeness (QED) is 0.568. The van der Waals surface area contributed by atoms with Gasteiger partial charge >= 0.3 is 0 Å². The predicted molar refractivity (Wildman–Crippen MR) is 48.5 cm³/mol. The number of imide groups is 1. The molecule has 2 saturated heterocycles. The number of carbonyl (C=O) groups excluding carboxylic acids is 2. The average molecular weight is 198 g/mol. The minimum atomic E-state index is -0.328. The molecule has 14 heavy (non-hydrogen) atoms. The van der Waals surface area contributed by atoms with E-state index in [9.17, 15) is 9.59 Å². The lowest BCUT2D eigenvalue weighted by molar-refractivity contribution is -0.125. The van der Waals surface area contributed by atoms with E-state index in [0.29, 0.717) is 6.04 Å². The van der Waals surface area contributed by atoms with Crippen LogP contribution < -0.4 is 10.6 Å². The summed E-state index contributed by atoms with van der Waals surface area (Å²) in [5, 5.41) is 5.47. The van der Waals surface area contributed by atoms with Gasteiger partial charge < -0.3 is 10.1 Å². The zero-order chi connectivity index (χ0) is 9.97. The fourth-order valence-corrected chi connectivity index (χ4v) is 1.84. The van der Waals surface area contributed by atoms with Gasteiger partial charge in [0.05, 0.1) is 12.5 Å². The summed E-state index contributed by atoms with van der Waals surface area (Å²) in [4.78, 5) is 22.1. The molecule has 0 radical (unpaired) electrons. The number of nitrogens with one attached hydrogen (secondary N) is 2. The van der Waals surface area contributed by atoms with Gasteiger partial charge in [0.25, 0.3) is 0 Å². The smallest absolute Gasteiger partial charge is 0.244 e. The fourth-order valence-electron chi connectivity index (χ4n) is 1.84. The molecule has 0 bridgehead atoms. The van der Waals surface area contributed by atoms with Gasteiger partial charge in [0.1, 0.15) is 0 Å². The van der Waals surface area contributed by atoms with Crippen LogP contribution in [0.15, 0.2) is 0 Å². The molecular formula is C9H14N2O3. The molecule has 2 rings (SSSR count). The Balaban J connectivity index is 1.84. The molecule has 2 aliphatic heterocycles. The summed E-state index contributed by atoms with van der Waals surface area (Å²) in [6.45, 7) is 1.47. The third-order valence-corrected chi connectivity index (χ3v) is 2.63. The molecule has 0 saturated carbocycles. The topological polar surface area (TPSA) is 67.4 Å². The van der Waals surface area contributed by atoms with Crippen LogP contribution in [-0.2, 0) is 14.3 Å². The Morgan fingerprint density at radius 2 is 2.00 bits per heavy atom. The monoisotopic (exact) mass is 198 g/mol. The molecule has 2 heterocycles. The van der Waals surface area contributed by atoms with Crippen molar-refractivity contribution in [3.8, 4) is 0 Å². The Hall–Kier alpha value is -0.940. The average Bonchev–Trinajstić information content (AvgIpc) is 2.47. The molecule has 0 spiro atoms. The van der Waals surface area contributed by atoms with Gasteiger partial charge in [-0.15, -0.1) is 0 Å². The molecule has 5 heteroatoms.